The van der Waals surface area contributed by atoms with Crippen molar-refractivity contribution in [1.29, 1.82) is 0 Å². The summed E-state index contributed by atoms with van der Waals surface area (Å²) in [5.74, 6) is 0.526. The maximum atomic E-state index is 12.7. The van der Waals surface area contributed by atoms with Gasteiger partial charge in [-0.2, -0.15) is 0 Å². The van der Waals surface area contributed by atoms with E-state index in [1.807, 2.05) is 42.2 Å². The number of amides is 2. The molecule has 1 atom stereocenters. The Kier molecular flexibility index (Phi) is 6.92. The average molecular weight is 437 g/mol. The van der Waals surface area contributed by atoms with Crippen LogP contribution in [0.5, 0.6) is 0 Å². The first-order valence-electron chi connectivity index (χ1n) is 10.9. The molecule has 3 heterocycles. The van der Waals surface area contributed by atoms with Crippen LogP contribution in [0, 0.1) is 12.8 Å². The zero-order valence-corrected chi connectivity index (χ0v) is 18.7. The van der Waals surface area contributed by atoms with Crippen molar-refractivity contribution in [2.24, 2.45) is 5.92 Å². The highest BCUT2D eigenvalue weighted by molar-refractivity contribution is 7.18. The number of thiazole rings is 1. The number of para-hydroxylation sites is 1. The molecule has 0 aliphatic carbocycles. The number of nitrogens with zero attached hydrogens (tertiary/aromatic N) is 3. The van der Waals surface area contributed by atoms with Crippen LogP contribution in [0.3, 0.4) is 0 Å². The molecule has 6 nitrogen and oxygen atoms in total. The third kappa shape index (κ3) is 5.47. The molecule has 2 aromatic heterocycles. The van der Waals surface area contributed by atoms with E-state index in [9.17, 15) is 9.59 Å². The molecule has 1 aliphatic heterocycles. The number of aromatic nitrogens is 2. The number of pyridine rings is 1. The molecule has 7 heteroatoms. The van der Waals surface area contributed by atoms with Crippen LogP contribution >= 0.6 is 11.3 Å². The summed E-state index contributed by atoms with van der Waals surface area (Å²) >= 11 is 1.73. The fourth-order valence-electron chi connectivity index (χ4n) is 3.99. The van der Waals surface area contributed by atoms with E-state index in [1.165, 1.54) is 4.70 Å². The lowest BCUT2D eigenvalue weighted by molar-refractivity contribution is -0.134. The third-order valence-corrected chi connectivity index (χ3v) is 6.86. The highest BCUT2D eigenvalue weighted by Gasteiger charge is 2.28. The smallest absolute Gasteiger partial charge is 0.230 e. The Morgan fingerprint density at radius 2 is 2.06 bits per heavy atom. The van der Waals surface area contributed by atoms with E-state index in [0.717, 1.165) is 54.7 Å². The number of carbonyl (C=O) groups excluding carboxylic acids is 2. The van der Waals surface area contributed by atoms with E-state index in [-0.39, 0.29) is 17.7 Å². The summed E-state index contributed by atoms with van der Waals surface area (Å²) in [6.07, 6.45) is 6.56. The fourth-order valence-corrected chi connectivity index (χ4v) is 5.00. The molecule has 0 bridgehead atoms. The highest BCUT2D eigenvalue weighted by Crippen LogP contribution is 2.24. The van der Waals surface area contributed by atoms with Gasteiger partial charge < -0.3 is 10.2 Å². The van der Waals surface area contributed by atoms with Crippen molar-refractivity contribution in [3.63, 3.8) is 0 Å². The topological polar surface area (TPSA) is 75.2 Å². The summed E-state index contributed by atoms with van der Waals surface area (Å²) in [5.41, 5.74) is 1.99. The van der Waals surface area contributed by atoms with Gasteiger partial charge in [-0.15, -0.1) is 11.3 Å². The summed E-state index contributed by atoms with van der Waals surface area (Å²) in [4.78, 5) is 36.1. The van der Waals surface area contributed by atoms with Crippen molar-refractivity contribution in [3.8, 4) is 0 Å². The van der Waals surface area contributed by atoms with Gasteiger partial charge in [0.2, 0.25) is 11.8 Å². The molecule has 0 spiro atoms. The van der Waals surface area contributed by atoms with Crippen molar-refractivity contribution in [2.75, 3.05) is 18.4 Å². The van der Waals surface area contributed by atoms with Gasteiger partial charge >= 0.3 is 0 Å². The standard InChI is InChI=1S/C24H28N4O2S/c1-17-8-6-14-25-23(17)27-24(30)18-9-7-15-28(16-18)22(29)13-5-4-12-21-26-19-10-2-3-11-20(19)31-21/h2-3,6,8,10-11,14,18H,4-5,7,9,12-13,15-16H2,1H3,(H,25,27,30). The Balaban J connectivity index is 1.23. The number of unbranched alkanes of at least 4 members (excludes halogenated alkanes) is 1. The van der Waals surface area contributed by atoms with Crippen LogP contribution in [0.2, 0.25) is 0 Å². The summed E-state index contributed by atoms with van der Waals surface area (Å²) in [5, 5.41) is 4.06. The zero-order valence-electron chi connectivity index (χ0n) is 17.8. The van der Waals surface area contributed by atoms with Crippen LogP contribution in [-0.2, 0) is 16.0 Å². The summed E-state index contributed by atoms with van der Waals surface area (Å²) in [6.45, 7) is 3.16. The van der Waals surface area contributed by atoms with Gasteiger partial charge in [0.05, 0.1) is 21.1 Å². The minimum absolute atomic E-state index is 0.0462. The van der Waals surface area contributed by atoms with Gasteiger partial charge in [-0.25, -0.2) is 9.97 Å². The molecule has 1 saturated heterocycles. The van der Waals surface area contributed by atoms with Crippen molar-refractivity contribution < 1.29 is 9.59 Å². The number of rotatable bonds is 7. The van der Waals surface area contributed by atoms with Gasteiger partial charge in [0.1, 0.15) is 5.82 Å². The molecule has 1 unspecified atom stereocenters. The first-order valence-corrected chi connectivity index (χ1v) is 11.8. The molecule has 162 valence electrons. The van der Waals surface area contributed by atoms with E-state index in [0.29, 0.717) is 18.8 Å². The average Bonchev–Trinajstić information content (AvgIpc) is 3.21. The molecular weight excluding hydrogens is 408 g/mol. The Hall–Kier alpha value is -2.80. The number of aryl methyl sites for hydroxylation is 2. The zero-order chi connectivity index (χ0) is 21.6. The number of carbonyl (C=O) groups is 2. The maximum Gasteiger partial charge on any atom is 0.230 e. The van der Waals surface area contributed by atoms with Gasteiger partial charge in [0, 0.05) is 25.7 Å². The summed E-state index contributed by atoms with van der Waals surface area (Å²) in [6, 6.07) is 12.0. The second kappa shape index (κ2) is 10.0. The first-order chi connectivity index (χ1) is 15.1. The Labute approximate surface area is 186 Å². The molecule has 1 fully saturated rings. The van der Waals surface area contributed by atoms with Crippen molar-refractivity contribution >= 4 is 39.2 Å². The van der Waals surface area contributed by atoms with Gasteiger partial charge in [0.25, 0.3) is 0 Å². The number of fused-ring (bicyclic) bond motifs is 1. The van der Waals surface area contributed by atoms with E-state index < -0.39 is 0 Å². The lowest BCUT2D eigenvalue weighted by atomic mass is 9.96. The van der Waals surface area contributed by atoms with Crippen LogP contribution in [-0.4, -0.2) is 39.8 Å². The minimum atomic E-state index is -0.179. The predicted octanol–water partition coefficient (Wildman–Crippen LogP) is 4.59. The molecule has 3 aromatic rings. The quantitative estimate of drug-likeness (QED) is 0.550. The SMILES string of the molecule is Cc1cccnc1NC(=O)C1CCCN(C(=O)CCCCc2nc3ccccc3s2)C1. The molecule has 4 rings (SSSR count). The number of nitrogens with one attached hydrogen (secondary N) is 1. The largest absolute Gasteiger partial charge is 0.342 e. The van der Waals surface area contributed by atoms with E-state index in [4.69, 9.17) is 0 Å². The molecule has 0 saturated carbocycles. The number of hydrogen-bond acceptors (Lipinski definition) is 5. The molecule has 1 N–H and O–H groups in total. The Morgan fingerprint density at radius 3 is 2.90 bits per heavy atom. The Morgan fingerprint density at radius 1 is 1.19 bits per heavy atom. The number of hydrogen-bond donors (Lipinski definition) is 1. The van der Waals surface area contributed by atoms with Crippen LogP contribution in [0.1, 0.15) is 42.7 Å². The molecule has 0 radical (unpaired) electrons. The Bertz CT molecular complexity index is 1030. The van der Waals surface area contributed by atoms with Gasteiger partial charge in [-0.1, -0.05) is 18.2 Å². The van der Waals surface area contributed by atoms with Crippen molar-refractivity contribution in [3.05, 3.63) is 53.2 Å². The van der Waals surface area contributed by atoms with Gasteiger partial charge in [0.15, 0.2) is 0 Å². The minimum Gasteiger partial charge on any atom is -0.342 e. The molecular formula is C24H28N4O2S. The van der Waals surface area contributed by atoms with Gasteiger partial charge in [-0.3, -0.25) is 9.59 Å². The molecule has 1 aromatic carbocycles. The van der Waals surface area contributed by atoms with E-state index in [2.05, 4.69) is 21.4 Å². The van der Waals surface area contributed by atoms with E-state index in [1.54, 1.807) is 17.5 Å². The fraction of sp³-hybridized carbons (Fsp3) is 0.417. The third-order valence-electron chi connectivity index (χ3n) is 5.77. The molecule has 1 aliphatic rings. The van der Waals surface area contributed by atoms with Crippen molar-refractivity contribution in [2.45, 2.75) is 45.4 Å². The first kappa shape index (κ1) is 21.4. The van der Waals surface area contributed by atoms with Crippen molar-refractivity contribution in [1.82, 2.24) is 14.9 Å². The predicted molar refractivity (Wildman–Crippen MR) is 124 cm³/mol. The second-order valence-corrected chi connectivity index (χ2v) is 9.23. The van der Waals surface area contributed by atoms with Crippen LogP contribution in [0.4, 0.5) is 5.82 Å². The molecule has 2 amide bonds. The lowest BCUT2D eigenvalue weighted by Gasteiger charge is -2.32. The number of piperidine rings is 1. The monoisotopic (exact) mass is 436 g/mol. The molecule has 31 heavy (non-hydrogen) atoms. The van der Waals surface area contributed by atoms with Crippen LogP contribution < -0.4 is 5.32 Å². The van der Waals surface area contributed by atoms with Crippen LogP contribution in [0.25, 0.3) is 10.2 Å². The van der Waals surface area contributed by atoms with Crippen LogP contribution in [0.15, 0.2) is 42.6 Å². The maximum absolute atomic E-state index is 12.7. The normalized spacial score (nSPS) is 16.4. The lowest BCUT2D eigenvalue weighted by Crippen LogP contribution is -2.43. The number of likely N-dealkylation sites (tertiary alicyclic amines) is 1. The number of benzene rings is 1. The summed E-state index contributed by atoms with van der Waals surface area (Å²) < 4.78 is 1.21. The van der Waals surface area contributed by atoms with Gasteiger partial charge in [-0.05, 0) is 62.8 Å². The summed E-state index contributed by atoms with van der Waals surface area (Å²) in [7, 11) is 0. The number of anilines is 1. The highest BCUT2D eigenvalue weighted by atomic mass is 32.1. The van der Waals surface area contributed by atoms with E-state index >= 15 is 0 Å². The second-order valence-electron chi connectivity index (χ2n) is 8.12.